The minimum Gasteiger partial charge on any atom is -0.391 e. The first-order valence-electron chi connectivity index (χ1n) is 3.17. The zero-order valence-corrected chi connectivity index (χ0v) is 5.42. The van der Waals surface area contributed by atoms with Gasteiger partial charge in [0, 0.05) is 6.42 Å². The van der Waals surface area contributed by atoms with E-state index in [1.165, 1.54) is 0 Å². The molecule has 0 aromatic rings. The molecule has 1 aliphatic heterocycles. The number of hydrogen-bond donors (Lipinski definition) is 2. The van der Waals surface area contributed by atoms with Crippen molar-refractivity contribution in [2.24, 2.45) is 0 Å². The van der Waals surface area contributed by atoms with Gasteiger partial charge < -0.3 is 10.4 Å². The molecule has 0 spiro atoms. The fourth-order valence-electron chi connectivity index (χ4n) is 0.951. The Morgan fingerprint density at radius 1 is 1.78 bits per heavy atom. The Morgan fingerprint density at radius 2 is 2.44 bits per heavy atom. The number of aliphatic hydroxyl groups is 1. The van der Waals surface area contributed by atoms with Gasteiger partial charge in [0.15, 0.2) is 0 Å². The van der Waals surface area contributed by atoms with Crippen LogP contribution < -0.4 is 5.32 Å². The SMILES string of the molecule is CC1NC(=O)CCC1O. The van der Waals surface area contributed by atoms with Gasteiger partial charge in [-0.05, 0) is 13.3 Å². The Kier molecular flexibility index (Phi) is 1.71. The van der Waals surface area contributed by atoms with Gasteiger partial charge >= 0.3 is 0 Å². The van der Waals surface area contributed by atoms with Crippen LogP contribution in [0.25, 0.3) is 0 Å². The summed E-state index contributed by atoms with van der Waals surface area (Å²) in [7, 11) is 0. The van der Waals surface area contributed by atoms with Crippen molar-refractivity contribution in [1.29, 1.82) is 0 Å². The van der Waals surface area contributed by atoms with Crippen molar-refractivity contribution in [3.8, 4) is 0 Å². The van der Waals surface area contributed by atoms with Gasteiger partial charge in [-0.15, -0.1) is 0 Å². The van der Waals surface area contributed by atoms with E-state index in [0.717, 1.165) is 0 Å². The van der Waals surface area contributed by atoms with Crippen molar-refractivity contribution >= 4 is 5.91 Å². The van der Waals surface area contributed by atoms with Gasteiger partial charge in [-0.3, -0.25) is 4.79 Å². The van der Waals surface area contributed by atoms with E-state index in [0.29, 0.717) is 12.8 Å². The molecule has 0 aromatic carbocycles. The molecule has 0 bridgehead atoms. The summed E-state index contributed by atoms with van der Waals surface area (Å²) in [5.41, 5.74) is 0. The topological polar surface area (TPSA) is 49.3 Å². The number of amides is 1. The predicted octanol–water partition coefficient (Wildman–Crippen LogP) is -0.354. The Balaban J connectivity index is 2.44. The van der Waals surface area contributed by atoms with E-state index in [1.54, 1.807) is 0 Å². The molecule has 1 heterocycles. The van der Waals surface area contributed by atoms with E-state index >= 15 is 0 Å². The van der Waals surface area contributed by atoms with Gasteiger partial charge in [0.25, 0.3) is 0 Å². The standard InChI is InChI=1S/C6H11NO2/c1-4-5(8)2-3-6(9)7-4/h4-5,8H,2-3H2,1H3,(H,7,9). The molecule has 3 nitrogen and oxygen atoms in total. The summed E-state index contributed by atoms with van der Waals surface area (Å²) < 4.78 is 0. The Bertz CT molecular complexity index is 124. The van der Waals surface area contributed by atoms with Gasteiger partial charge in [0.1, 0.15) is 0 Å². The molecule has 3 heteroatoms. The van der Waals surface area contributed by atoms with Crippen molar-refractivity contribution < 1.29 is 9.90 Å². The molecule has 9 heavy (non-hydrogen) atoms. The average Bonchev–Trinajstić information content (AvgIpc) is 1.80. The molecular formula is C6H11NO2. The first-order valence-corrected chi connectivity index (χ1v) is 3.17. The third-order valence-electron chi connectivity index (χ3n) is 1.63. The first kappa shape index (κ1) is 6.55. The summed E-state index contributed by atoms with van der Waals surface area (Å²) in [6.07, 6.45) is 0.723. The molecule has 1 saturated heterocycles. The summed E-state index contributed by atoms with van der Waals surface area (Å²) >= 11 is 0. The van der Waals surface area contributed by atoms with E-state index in [9.17, 15) is 4.79 Å². The highest BCUT2D eigenvalue weighted by atomic mass is 16.3. The lowest BCUT2D eigenvalue weighted by molar-refractivity contribution is -0.125. The van der Waals surface area contributed by atoms with Gasteiger partial charge in [-0.25, -0.2) is 0 Å². The van der Waals surface area contributed by atoms with Gasteiger partial charge in [-0.1, -0.05) is 0 Å². The normalized spacial score (nSPS) is 36.0. The van der Waals surface area contributed by atoms with Gasteiger partial charge in [0.05, 0.1) is 12.1 Å². The van der Waals surface area contributed by atoms with Crippen molar-refractivity contribution in [2.75, 3.05) is 0 Å². The van der Waals surface area contributed by atoms with Crippen molar-refractivity contribution in [1.82, 2.24) is 5.32 Å². The predicted molar refractivity (Wildman–Crippen MR) is 32.8 cm³/mol. The molecule has 1 rings (SSSR count). The quantitative estimate of drug-likeness (QED) is 0.469. The number of piperidine rings is 1. The van der Waals surface area contributed by atoms with Crippen molar-refractivity contribution in [3.63, 3.8) is 0 Å². The molecule has 1 aliphatic rings. The number of rotatable bonds is 0. The van der Waals surface area contributed by atoms with Gasteiger partial charge in [0.2, 0.25) is 5.91 Å². The highest BCUT2D eigenvalue weighted by Crippen LogP contribution is 2.07. The van der Waals surface area contributed by atoms with E-state index in [-0.39, 0.29) is 18.1 Å². The molecule has 0 aromatic heterocycles. The smallest absolute Gasteiger partial charge is 0.220 e. The molecule has 2 atom stereocenters. The molecule has 52 valence electrons. The summed E-state index contributed by atoms with van der Waals surface area (Å²) in [6.45, 7) is 1.81. The minimum atomic E-state index is -0.345. The highest BCUT2D eigenvalue weighted by Gasteiger charge is 2.22. The molecule has 0 aliphatic carbocycles. The van der Waals surface area contributed by atoms with Crippen LogP contribution in [0.4, 0.5) is 0 Å². The van der Waals surface area contributed by atoms with E-state index < -0.39 is 0 Å². The summed E-state index contributed by atoms with van der Waals surface area (Å²) in [5.74, 6) is 0.0489. The second kappa shape index (κ2) is 2.35. The fraction of sp³-hybridized carbons (Fsp3) is 0.833. The van der Waals surface area contributed by atoms with E-state index in [1.807, 2.05) is 6.92 Å². The molecule has 0 radical (unpaired) electrons. The molecule has 2 N–H and O–H groups in total. The first-order chi connectivity index (χ1) is 4.20. The summed E-state index contributed by atoms with van der Waals surface area (Å²) in [4.78, 5) is 10.6. The molecule has 1 amide bonds. The molecule has 2 unspecified atom stereocenters. The van der Waals surface area contributed by atoms with Crippen LogP contribution in [0.15, 0.2) is 0 Å². The van der Waals surface area contributed by atoms with Crippen molar-refractivity contribution in [3.05, 3.63) is 0 Å². The number of carbonyl (C=O) groups excluding carboxylic acids is 1. The maximum absolute atomic E-state index is 10.6. The monoisotopic (exact) mass is 129 g/mol. The zero-order chi connectivity index (χ0) is 6.85. The molecular weight excluding hydrogens is 118 g/mol. The summed E-state index contributed by atoms with van der Waals surface area (Å²) in [5, 5.41) is 11.7. The molecule has 0 saturated carbocycles. The number of hydrogen-bond acceptors (Lipinski definition) is 2. The number of carbonyl (C=O) groups is 1. The zero-order valence-electron chi connectivity index (χ0n) is 5.42. The molecule has 1 fully saturated rings. The van der Waals surface area contributed by atoms with Crippen LogP contribution >= 0.6 is 0 Å². The maximum Gasteiger partial charge on any atom is 0.220 e. The highest BCUT2D eigenvalue weighted by molar-refractivity contribution is 5.77. The Hall–Kier alpha value is -0.570. The number of nitrogens with one attached hydrogen (secondary N) is 1. The minimum absolute atomic E-state index is 0.0489. The van der Waals surface area contributed by atoms with Crippen LogP contribution in [0.1, 0.15) is 19.8 Å². The second-order valence-corrected chi connectivity index (χ2v) is 2.46. The van der Waals surface area contributed by atoms with Crippen LogP contribution in [-0.4, -0.2) is 23.2 Å². The van der Waals surface area contributed by atoms with E-state index in [2.05, 4.69) is 5.32 Å². The van der Waals surface area contributed by atoms with E-state index in [4.69, 9.17) is 5.11 Å². The Labute approximate surface area is 54.1 Å². The third-order valence-corrected chi connectivity index (χ3v) is 1.63. The van der Waals surface area contributed by atoms with Crippen LogP contribution in [0, 0.1) is 0 Å². The van der Waals surface area contributed by atoms with Crippen LogP contribution in [0.3, 0.4) is 0 Å². The van der Waals surface area contributed by atoms with Crippen LogP contribution in [0.2, 0.25) is 0 Å². The van der Waals surface area contributed by atoms with Gasteiger partial charge in [-0.2, -0.15) is 0 Å². The summed E-state index contributed by atoms with van der Waals surface area (Å²) in [6, 6.07) is -0.0637. The fourth-order valence-corrected chi connectivity index (χ4v) is 0.951. The van der Waals surface area contributed by atoms with Crippen LogP contribution in [-0.2, 0) is 4.79 Å². The maximum atomic E-state index is 10.6. The lowest BCUT2D eigenvalue weighted by Crippen LogP contribution is -2.45. The number of aliphatic hydroxyl groups excluding tert-OH is 1. The third kappa shape index (κ3) is 1.42. The lowest BCUT2D eigenvalue weighted by Gasteiger charge is -2.24. The Morgan fingerprint density at radius 3 is 2.89 bits per heavy atom. The largest absolute Gasteiger partial charge is 0.391 e. The van der Waals surface area contributed by atoms with Crippen molar-refractivity contribution in [2.45, 2.75) is 31.9 Å². The lowest BCUT2D eigenvalue weighted by atomic mass is 10.0. The van der Waals surface area contributed by atoms with Crippen LogP contribution in [0.5, 0.6) is 0 Å². The average molecular weight is 129 g/mol. The second-order valence-electron chi connectivity index (χ2n) is 2.46.